The number of aromatic nitrogens is 1. The van der Waals surface area contributed by atoms with E-state index in [1.54, 1.807) is 0 Å². The maximum absolute atomic E-state index is 9.07. The fourth-order valence-corrected chi connectivity index (χ4v) is 1.81. The van der Waals surface area contributed by atoms with Gasteiger partial charge in [-0.3, -0.25) is 0 Å². The Morgan fingerprint density at radius 2 is 2.25 bits per heavy atom. The third-order valence-corrected chi connectivity index (χ3v) is 2.93. The van der Waals surface area contributed by atoms with Gasteiger partial charge >= 0.3 is 0 Å². The lowest BCUT2D eigenvalue weighted by Gasteiger charge is -2.13. The van der Waals surface area contributed by atoms with E-state index in [1.807, 2.05) is 6.20 Å². The largest absolute Gasteiger partial charge is 0.395 e. The van der Waals surface area contributed by atoms with E-state index in [0.29, 0.717) is 0 Å². The van der Waals surface area contributed by atoms with Crippen LogP contribution < -0.4 is 5.32 Å². The molecule has 1 atom stereocenters. The van der Waals surface area contributed by atoms with Gasteiger partial charge in [-0.15, -0.1) is 0 Å². The average Bonchev–Trinajstić information content (AvgIpc) is 2.77. The first-order valence-corrected chi connectivity index (χ1v) is 5.73. The van der Waals surface area contributed by atoms with E-state index in [4.69, 9.17) is 5.11 Å². The molecule has 86 valence electrons. The molecule has 0 unspecified atom stereocenters. The first-order chi connectivity index (χ1) is 7.83. The number of rotatable bonds is 5. The number of hydrogen-bond acceptors (Lipinski definition) is 2. The molecule has 2 rings (SSSR count). The number of H-pyrrole nitrogens is 1. The van der Waals surface area contributed by atoms with Crippen LogP contribution >= 0.6 is 0 Å². The minimum Gasteiger partial charge on any atom is -0.395 e. The van der Waals surface area contributed by atoms with Crippen molar-refractivity contribution >= 4 is 10.9 Å². The van der Waals surface area contributed by atoms with Crippen molar-refractivity contribution in [3.8, 4) is 0 Å². The van der Waals surface area contributed by atoms with Crippen molar-refractivity contribution in [3.63, 3.8) is 0 Å². The van der Waals surface area contributed by atoms with Gasteiger partial charge < -0.3 is 15.4 Å². The summed E-state index contributed by atoms with van der Waals surface area (Å²) in [5, 5.41) is 13.6. The first-order valence-electron chi connectivity index (χ1n) is 5.73. The Bertz CT molecular complexity index is 446. The molecule has 1 aromatic heterocycles. The first kappa shape index (κ1) is 11.2. The Balaban J connectivity index is 2.03. The van der Waals surface area contributed by atoms with Crippen molar-refractivity contribution in [1.82, 2.24) is 10.3 Å². The maximum atomic E-state index is 9.07. The lowest BCUT2D eigenvalue weighted by atomic mass is 10.1. The van der Waals surface area contributed by atoms with Crippen molar-refractivity contribution in [3.05, 3.63) is 36.0 Å². The summed E-state index contributed by atoms with van der Waals surface area (Å²) in [5.74, 6) is 0. The van der Waals surface area contributed by atoms with E-state index in [0.717, 1.165) is 18.5 Å². The molecule has 3 nitrogen and oxygen atoms in total. The Morgan fingerprint density at radius 3 is 3.00 bits per heavy atom. The van der Waals surface area contributed by atoms with E-state index >= 15 is 0 Å². The predicted octanol–water partition coefficient (Wildman–Crippen LogP) is 2.03. The maximum Gasteiger partial charge on any atom is 0.0584 e. The highest BCUT2D eigenvalue weighted by Crippen LogP contribution is 2.14. The van der Waals surface area contributed by atoms with Crippen molar-refractivity contribution in [2.24, 2.45) is 0 Å². The Labute approximate surface area is 95.5 Å². The summed E-state index contributed by atoms with van der Waals surface area (Å²) in [6.07, 6.45) is 2.89. The number of fused-ring (bicyclic) bond motifs is 1. The van der Waals surface area contributed by atoms with Crippen LogP contribution in [0.1, 0.15) is 18.9 Å². The summed E-state index contributed by atoms with van der Waals surface area (Å²) < 4.78 is 0. The number of aliphatic hydroxyl groups is 1. The normalized spacial score (nSPS) is 13.1. The molecule has 0 radical (unpaired) electrons. The quantitative estimate of drug-likeness (QED) is 0.719. The molecule has 0 amide bonds. The highest BCUT2D eigenvalue weighted by atomic mass is 16.3. The number of aromatic amines is 1. The zero-order valence-electron chi connectivity index (χ0n) is 9.53. The molecular formula is C13H18N2O. The number of benzene rings is 1. The smallest absolute Gasteiger partial charge is 0.0584 e. The molecule has 1 heterocycles. The highest BCUT2D eigenvalue weighted by Gasteiger charge is 2.03. The van der Waals surface area contributed by atoms with Crippen LogP contribution in [0.3, 0.4) is 0 Å². The van der Waals surface area contributed by atoms with Gasteiger partial charge in [-0.2, -0.15) is 0 Å². The summed E-state index contributed by atoms with van der Waals surface area (Å²) >= 11 is 0. The van der Waals surface area contributed by atoms with Gasteiger partial charge in [0.15, 0.2) is 0 Å². The molecule has 2 aromatic rings. The van der Waals surface area contributed by atoms with Gasteiger partial charge in [0, 0.05) is 24.3 Å². The van der Waals surface area contributed by atoms with Crippen LogP contribution in [0.4, 0.5) is 0 Å². The third kappa shape index (κ3) is 2.43. The molecule has 0 spiro atoms. The number of nitrogens with one attached hydrogen (secondary N) is 2. The fourth-order valence-electron chi connectivity index (χ4n) is 1.81. The van der Waals surface area contributed by atoms with Crippen LogP contribution in [0.25, 0.3) is 10.9 Å². The highest BCUT2D eigenvalue weighted by molar-refractivity contribution is 5.79. The van der Waals surface area contributed by atoms with Gasteiger partial charge in [0.25, 0.3) is 0 Å². The van der Waals surface area contributed by atoms with Crippen LogP contribution in [0, 0.1) is 0 Å². The SMILES string of the molecule is CC[C@@H](CO)NCc1ccc2cc[nH]c2c1. The van der Waals surface area contributed by atoms with Crippen LogP contribution in [-0.2, 0) is 6.54 Å². The van der Waals surface area contributed by atoms with Gasteiger partial charge in [-0.1, -0.05) is 19.1 Å². The van der Waals surface area contributed by atoms with Gasteiger partial charge in [0.1, 0.15) is 0 Å². The molecule has 1 aromatic carbocycles. The fraction of sp³-hybridized carbons (Fsp3) is 0.385. The topological polar surface area (TPSA) is 48.0 Å². The lowest BCUT2D eigenvalue weighted by molar-refractivity contribution is 0.238. The molecule has 0 bridgehead atoms. The molecule has 0 saturated heterocycles. The van der Waals surface area contributed by atoms with E-state index in [1.165, 1.54) is 10.9 Å². The van der Waals surface area contributed by atoms with Gasteiger partial charge in [-0.25, -0.2) is 0 Å². The summed E-state index contributed by atoms with van der Waals surface area (Å²) in [7, 11) is 0. The van der Waals surface area contributed by atoms with Crippen molar-refractivity contribution in [2.75, 3.05) is 6.61 Å². The summed E-state index contributed by atoms with van der Waals surface area (Å²) in [5.41, 5.74) is 2.40. The van der Waals surface area contributed by atoms with Gasteiger partial charge in [0.2, 0.25) is 0 Å². The van der Waals surface area contributed by atoms with Crippen molar-refractivity contribution < 1.29 is 5.11 Å². The predicted molar refractivity (Wildman–Crippen MR) is 66.3 cm³/mol. The molecule has 0 fully saturated rings. The molecule has 0 aliphatic carbocycles. The molecule has 3 heteroatoms. The molecular weight excluding hydrogens is 200 g/mol. The summed E-state index contributed by atoms with van der Waals surface area (Å²) in [6, 6.07) is 8.64. The second-order valence-electron chi connectivity index (χ2n) is 4.07. The number of hydrogen-bond donors (Lipinski definition) is 3. The zero-order valence-corrected chi connectivity index (χ0v) is 9.53. The molecule has 3 N–H and O–H groups in total. The van der Waals surface area contributed by atoms with E-state index in [9.17, 15) is 0 Å². The lowest BCUT2D eigenvalue weighted by Crippen LogP contribution is -2.31. The Kier molecular flexibility index (Phi) is 3.59. The van der Waals surface area contributed by atoms with Crippen LogP contribution in [0.5, 0.6) is 0 Å². The molecule has 0 aliphatic rings. The minimum atomic E-state index is 0.194. The Morgan fingerprint density at radius 1 is 1.38 bits per heavy atom. The van der Waals surface area contributed by atoms with Crippen LogP contribution in [-0.4, -0.2) is 22.7 Å². The Hall–Kier alpha value is -1.32. The molecule has 0 saturated carbocycles. The monoisotopic (exact) mass is 218 g/mol. The second kappa shape index (κ2) is 5.14. The van der Waals surface area contributed by atoms with Crippen molar-refractivity contribution in [2.45, 2.75) is 25.9 Å². The standard InChI is InChI=1S/C13H18N2O/c1-2-12(9-16)15-8-10-3-4-11-5-6-14-13(11)7-10/h3-7,12,14-16H,2,8-9H2,1H3/t12-/m0/s1. The minimum absolute atomic E-state index is 0.194. The molecule has 0 aliphatic heterocycles. The third-order valence-electron chi connectivity index (χ3n) is 2.93. The van der Waals surface area contributed by atoms with Gasteiger partial charge in [0.05, 0.1) is 6.61 Å². The van der Waals surface area contributed by atoms with E-state index in [2.05, 4.69) is 41.5 Å². The van der Waals surface area contributed by atoms with Crippen LogP contribution in [0.15, 0.2) is 30.5 Å². The van der Waals surface area contributed by atoms with Crippen molar-refractivity contribution in [1.29, 1.82) is 0 Å². The van der Waals surface area contributed by atoms with Crippen LogP contribution in [0.2, 0.25) is 0 Å². The van der Waals surface area contributed by atoms with E-state index in [-0.39, 0.29) is 12.6 Å². The van der Waals surface area contributed by atoms with E-state index < -0.39 is 0 Å². The summed E-state index contributed by atoms with van der Waals surface area (Å²) in [4.78, 5) is 3.20. The number of aliphatic hydroxyl groups excluding tert-OH is 1. The van der Waals surface area contributed by atoms with Gasteiger partial charge in [-0.05, 0) is 29.5 Å². The zero-order chi connectivity index (χ0) is 11.4. The average molecular weight is 218 g/mol. The molecule has 16 heavy (non-hydrogen) atoms. The second-order valence-corrected chi connectivity index (χ2v) is 4.07. The summed E-state index contributed by atoms with van der Waals surface area (Å²) in [6.45, 7) is 3.07.